The fraction of sp³-hybridized carbons (Fsp3) is 0.545. The quantitative estimate of drug-likeness (QED) is 0.699. The lowest BCUT2D eigenvalue weighted by atomic mass is 10.2. The molecule has 0 saturated heterocycles. The Labute approximate surface area is 99.5 Å². The number of ether oxygens (including phenoxy) is 2. The van der Waals surface area contributed by atoms with E-state index in [9.17, 15) is 9.59 Å². The number of nitrogens with zero attached hydrogens (tertiary/aromatic N) is 2. The van der Waals surface area contributed by atoms with Crippen molar-refractivity contribution in [2.75, 3.05) is 7.11 Å². The Hall–Kier alpha value is -1.85. The van der Waals surface area contributed by atoms with E-state index in [4.69, 9.17) is 4.74 Å². The highest BCUT2D eigenvalue weighted by molar-refractivity contribution is 5.88. The van der Waals surface area contributed by atoms with Crippen LogP contribution in [0.25, 0.3) is 0 Å². The number of aromatic nitrogens is 2. The number of rotatable bonds is 1. The van der Waals surface area contributed by atoms with E-state index in [1.807, 2.05) is 0 Å². The van der Waals surface area contributed by atoms with Crippen molar-refractivity contribution in [1.82, 2.24) is 9.78 Å². The molecule has 0 aliphatic carbocycles. The molecule has 1 aromatic heterocycles. The molecule has 1 rings (SSSR count). The minimum Gasteiger partial charge on any atom is -0.464 e. The van der Waals surface area contributed by atoms with Crippen LogP contribution in [0.1, 0.15) is 37.0 Å². The molecule has 0 radical (unpaired) electrons. The molecule has 0 aliphatic rings. The smallest absolute Gasteiger partial charge is 0.435 e. The highest BCUT2D eigenvalue weighted by Gasteiger charge is 2.22. The molecule has 0 bridgehead atoms. The third-order valence-corrected chi connectivity index (χ3v) is 1.85. The van der Waals surface area contributed by atoms with Crippen LogP contribution in [0.2, 0.25) is 0 Å². The van der Waals surface area contributed by atoms with E-state index in [0.717, 1.165) is 4.68 Å². The molecule has 6 heteroatoms. The fourth-order valence-electron chi connectivity index (χ4n) is 1.17. The number of hydrogen-bond donors (Lipinski definition) is 0. The second-order valence-electron chi connectivity index (χ2n) is 4.55. The molecule has 1 heterocycles. The largest absolute Gasteiger partial charge is 0.464 e. The average Bonchev–Trinajstić information content (AvgIpc) is 2.56. The lowest BCUT2D eigenvalue weighted by Crippen LogP contribution is -2.28. The molecule has 0 unspecified atom stereocenters. The molecule has 0 spiro atoms. The van der Waals surface area contributed by atoms with Crippen LogP contribution in [0.4, 0.5) is 4.79 Å². The zero-order chi connectivity index (χ0) is 13.2. The van der Waals surface area contributed by atoms with Gasteiger partial charge in [-0.15, -0.1) is 0 Å². The van der Waals surface area contributed by atoms with Gasteiger partial charge in [-0.1, -0.05) is 0 Å². The molecule has 0 N–H and O–H groups in total. The molecule has 0 fully saturated rings. The van der Waals surface area contributed by atoms with Crippen LogP contribution in [-0.4, -0.2) is 34.6 Å². The molecule has 0 saturated carbocycles. The molecule has 6 nitrogen and oxygen atoms in total. The highest BCUT2D eigenvalue weighted by Crippen LogP contribution is 2.11. The van der Waals surface area contributed by atoms with Crippen LogP contribution in [0.3, 0.4) is 0 Å². The van der Waals surface area contributed by atoms with Crippen molar-refractivity contribution in [2.24, 2.45) is 0 Å². The Morgan fingerprint density at radius 3 is 2.41 bits per heavy atom. The van der Waals surface area contributed by atoms with Crippen molar-refractivity contribution in [1.29, 1.82) is 0 Å². The monoisotopic (exact) mass is 240 g/mol. The summed E-state index contributed by atoms with van der Waals surface area (Å²) in [4.78, 5) is 23.0. The molecule has 0 aromatic carbocycles. The van der Waals surface area contributed by atoms with Crippen LogP contribution in [0.5, 0.6) is 0 Å². The molecule has 0 amide bonds. The third kappa shape index (κ3) is 3.30. The van der Waals surface area contributed by atoms with Gasteiger partial charge in [-0.3, -0.25) is 0 Å². The topological polar surface area (TPSA) is 70.4 Å². The zero-order valence-electron chi connectivity index (χ0n) is 10.6. The van der Waals surface area contributed by atoms with Crippen molar-refractivity contribution >= 4 is 12.1 Å². The first-order chi connectivity index (χ1) is 7.74. The SMILES string of the molecule is COC(=O)c1cc(C)n(C(=O)OC(C)(C)C)n1. The van der Waals surface area contributed by atoms with Gasteiger partial charge in [-0.25, -0.2) is 9.59 Å². The molecular weight excluding hydrogens is 224 g/mol. The van der Waals surface area contributed by atoms with Gasteiger partial charge < -0.3 is 9.47 Å². The van der Waals surface area contributed by atoms with Crippen molar-refractivity contribution < 1.29 is 19.1 Å². The minimum absolute atomic E-state index is 0.0795. The number of carbonyl (C=O) groups is 2. The van der Waals surface area contributed by atoms with Crippen molar-refractivity contribution in [3.8, 4) is 0 Å². The lowest BCUT2D eigenvalue weighted by Gasteiger charge is -2.19. The molecular formula is C11H16N2O4. The summed E-state index contributed by atoms with van der Waals surface area (Å²) in [5.74, 6) is -0.588. The predicted molar refractivity (Wildman–Crippen MR) is 59.9 cm³/mol. The molecule has 17 heavy (non-hydrogen) atoms. The van der Waals surface area contributed by atoms with E-state index in [-0.39, 0.29) is 5.69 Å². The van der Waals surface area contributed by atoms with E-state index >= 15 is 0 Å². The lowest BCUT2D eigenvalue weighted by molar-refractivity contribution is 0.0508. The van der Waals surface area contributed by atoms with Gasteiger partial charge >= 0.3 is 12.1 Å². The zero-order valence-corrected chi connectivity index (χ0v) is 10.6. The Morgan fingerprint density at radius 2 is 1.94 bits per heavy atom. The first-order valence-corrected chi connectivity index (χ1v) is 5.13. The maximum Gasteiger partial charge on any atom is 0.435 e. The summed E-state index contributed by atoms with van der Waals surface area (Å²) < 4.78 is 10.7. The number of aryl methyl sites for hydroxylation is 1. The fourth-order valence-corrected chi connectivity index (χ4v) is 1.17. The van der Waals surface area contributed by atoms with Crippen LogP contribution in [0, 0.1) is 6.92 Å². The standard InChI is InChI=1S/C11H16N2O4/c1-7-6-8(9(14)16-5)12-13(7)10(15)17-11(2,3)4/h6H,1-5H3. The Balaban J connectivity index is 2.96. The molecule has 0 atom stereocenters. The number of esters is 1. The summed E-state index contributed by atoms with van der Waals surface area (Å²) in [7, 11) is 1.25. The third-order valence-electron chi connectivity index (χ3n) is 1.85. The summed E-state index contributed by atoms with van der Waals surface area (Å²) in [6.45, 7) is 6.92. The van der Waals surface area contributed by atoms with Crippen molar-refractivity contribution in [3.63, 3.8) is 0 Å². The van der Waals surface area contributed by atoms with Gasteiger partial charge in [-0.2, -0.15) is 9.78 Å². The summed E-state index contributed by atoms with van der Waals surface area (Å²) in [6.07, 6.45) is -0.620. The van der Waals surface area contributed by atoms with E-state index in [2.05, 4.69) is 9.84 Å². The van der Waals surface area contributed by atoms with Gasteiger partial charge in [0.1, 0.15) is 5.60 Å². The van der Waals surface area contributed by atoms with Crippen LogP contribution in [-0.2, 0) is 9.47 Å². The molecule has 0 aliphatic heterocycles. The predicted octanol–water partition coefficient (Wildman–Crippen LogP) is 1.76. The summed E-state index contributed by atoms with van der Waals surface area (Å²) in [6, 6.07) is 1.47. The number of methoxy groups -OCH3 is 1. The maximum absolute atomic E-state index is 11.7. The van der Waals surface area contributed by atoms with Crippen LogP contribution in [0.15, 0.2) is 6.07 Å². The summed E-state index contributed by atoms with van der Waals surface area (Å²) in [5, 5.41) is 3.83. The summed E-state index contributed by atoms with van der Waals surface area (Å²) in [5.41, 5.74) is -0.0172. The minimum atomic E-state index is -0.620. The molecule has 1 aromatic rings. The van der Waals surface area contributed by atoms with E-state index < -0.39 is 17.7 Å². The van der Waals surface area contributed by atoms with E-state index in [1.165, 1.54) is 13.2 Å². The van der Waals surface area contributed by atoms with Crippen molar-refractivity contribution in [3.05, 3.63) is 17.5 Å². The van der Waals surface area contributed by atoms with Gasteiger partial charge in [0.25, 0.3) is 0 Å². The van der Waals surface area contributed by atoms with E-state index in [1.54, 1.807) is 27.7 Å². The molecule has 94 valence electrons. The second-order valence-corrected chi connectivity index (χ2v) is 4.55. The van der Waals surface area contributed by atoms with Gasteiger partial charge in [0, 0.05) is 5.69 Å². The maximum atomic E-state index is 11.7. The second kappa shape index (κ2) is 4.57. The number of carbonyl (C=O) groups excluding carboxylic acids is 2. The normalized spacial score (nSPS) is 11.1. The Kier molecular flexibility index (Phi) is 3.55. The van der Waals surface area contributed by atoms with Crippen LogP contribution >= 0.6 is 0 Å². The van der Waals surface area contributed by atoms with Gasteiger partial charge in [-0.05, 0) is 33.8 Å². The van der Waals surface area contributed by atoms with Gasteiger partial charge in [0.05, 0.1) is 7.11 Å². The first-order valence-electron chi connectivity index (χ1n) is 5.13. The first kappa shape index (κ1) is 13.2. The van der Waals surface area contributed by atoms with Crippen LogP contribution < -0.4 is 0 Å². The van der Waals surface area contributed by atoms with Gasteiger partial charge in [0.15, 0.2) is 5.69 Å². The average molecular weight is 240 g/mol. The van der Waals surface area contributed by atoms with E-state index in [0.29, 0.717) is 5.69 Å². The Morgan fingerprint density at radius 1 is 1.35 bits per heavy atom. The number of hydrogen-bond acceptors (Lipinski definition) is 5. The highest BCUT2D eigenvalue weighted by atomic mass is 16.6. The summed E-state index contributed by atoms with van der Waals surface area (Å²) >= 11 is 0. The van der Waals surface area contributed by atoms with Gasteiger partial charge in [0.2, 0.25) is 0 Å². The van der Waals surface area contributed by atoms with Crippen molar-refractivity contribution in [2.45, 2.75) is 33.3 Å². The Bertz CT molecular complexity index is 443.